The summed E-state index contributed by atoms with van der Waals surface area (Å²) < 4.78 is 42.4. The third kappa shape index (κ3) is 2.98. The van der Waals surface area contributed by atoms with Crippen molar-refractivity contribution in [1.82, 2.24) is 4.57 Å². The number of hydrogen-bond acceptors (Lipinski definition) is 3. The zero-order valence-electron chi connectivity index (χ0n) is 10.1. The first-order valence-electron chi connectivity index (χ1n) is 5.62. The molecule has 1 atom stereocenters. The zero-order chi connectivity index (χ0) is 14.2. The second-order valence-corrected chi connectivity index (χ2v) is 4.32. The maximum absolute atomic E-state index is 12.1. The zero-order valence-corrected chi connectivity index (χ0v) is 10.1. The van der Waals surface area contributed by atoms with Crippen molar-refractivity contribution < 1.29 is 22.7 Å². The molecule has 0 aliphatic heterocycles. The quantitative estimate of drug-likeness (QED) is 0.936. The van der Waals surface area contributed by atoms with Gasteiger partial charge in [-0.3, -0.25) is 4.57 Å². The lowest BCUT2D eigenvalue weighted by molar-refractivity contribution is -0.140. The van der Waals surface area contributed by atoms with Crippen molar-refractivity contribution >= 4 is 11.1 Å². The second kappa shape index (κ2) is 4.73. The number of rotatable bonds is 3. The van der Waals surface area contributed by atoms with E-state index in [0.29, 0.717) is 11.1 Å². The first-order chi connectivity index (χ1) is 8.78. The molecule has 0 saturated heterocycles. The standard InChI is InChI=1S/C12H12F3NO3/c1-16-8-3-2-7(6-10(8)19-11(16)18)9(17)4-5-12(13,14)15/h2-3,6,9,17H,4-5H2,1H3. The summed E-state index contributed by atoms with van der Waals surface area (Å²) in [5.74, 6) is -0.558. The number of aromatic nitrogens is 1. The Kier molecular flexibility index (Phi) is 3.40. The van der Waals surface area contributed by atoms with Crippen LogP contribution in [0.25, 0.3) is 11.1 Å². The summed E-state index contributed by atoms with van der Waals surface area (Å²) in [6.45, 7) is 0. The van der Waals surface area contributed by atoms with E-state index in [1.807, 2.05) is 0 Å². The summed E-state index contributed by atoms with van der Waals surface area (Å²) in [6.07, 6.45) is -7.03. The SMILES string of the molecule is Cn1c(=O)oc2cc(C(O)CCC(F)(F)F)ccc21. The Hall–Kier alpha value is -1.76. The van der Waals surface area contributed by atoms with Crippen LogP contribution in [0, 0.1) is 0 Å². The van der Waals surface area contributed by atoms with E-state index in [-0.39, 0.29) is 5.58 Å². The van der Waals surface area contributed by atoms with Crippen molar-refractivity contribution in [2.24, 2.45) is 7.05 Å². The first kappa shape index (κ1) is 13.7. The van der Waals surface area contributed by atoms with Gasteiger partial charge in [0.25, 0.3) is 0 Å². The maximum Gasteiger partial charge on any atom is 0.419 e. The molecule has 0 spiro atoms. The number of aliphatic hydroxyl groups is 1. The number of aryl methyl sites for hydroxylation is 1. The predicted octanol–water partition coefficient (Wildman–Crippen LogP) is 2.51. The van der Waals surface area contributed by atoms with Crippen LogP contribution in [0.1, 0.15) is 24.5 Å². The Balaban J connectivity index is 2.23. The summed E-state index contributed by atoms with van der Waals surface area (Å²) in [5, 5.41) is 9.69. The van der Waals surface area contributed by atoms with E-state index in [4.69, 9.17) is 4.42 Å². The van der Waals surface area contributed by atoms with Gasteiger partial charge in [0.1, 0.15) is 0 Å². The highest BCUT2D eigenvalue weighted by Crippen LogP contribution is 2.28. The minimum atomic E-state index is -4.30. The Bertz CT molecular complexity index is 642. The molecule has 2 rings (SSSR count). The predicted molar refractivity (Wildman–Crippen MR) is 61.7 cm³/mol. The molecular weight excluding hydrogens is 263 g/mol. The van der Waals surface area contributed by atoms with Gasteiger partial charge in [-0.05, 0) is 24.1 Å². The lowest BCUT2D eigenvalue weighted by atomic mass is 10.0. The third-order valence-corrected chi connectivity index (χ3v) is 2.90. The van der Waals surface area contributed by atoms with Crippen molar-refractivity contribution in [3.8, 4) is 0 Å². The number of hydrogen-bond donors (Lipinski definition) is 1. The van der Waals surface area contributed by atoms with Crippen molar-refractivity contribution in [1.29, 1.82) is 0 Å². The molecule has 0 aliphatic carbocycles. The number of aliphatic hydroxyl groups excluding tert-OH is 1. The van der Waals surface area contributed by atoms with E-state index in [0.717, 1.165) is 0 Å². The van der Waals surface area contributed by atoms with Crippen molar-refractivity contribution in [2.45, 2.75) is 25.1 Å². The Morgan fingerprint density at radius 1 is 1.42 bits per heavy atom. The highest BCUT2D eigenvalue weighted by molar-refractivity contribution is 5.73. The number of benzene rings is 1. The van der Waals surface area contributed by atoms with Crippen LogP contribution in [0.15, 0.2) is 27.4 Å². The fourth-order valence-electron chi connectivity index (χ4n) is 1.82. The van der Waals surface area contributed by atoms with E-state index < -0.39 is 30.9 Å². The lowest BCUT2D eigenvalue weighted by Gasteiger charge is -2.12. The molecule has 1 aromatic heterocycles. The Morgan fingerprint density at radius 3 is 2.74 bits per heavy atom. The monoisotopic (exact) mass is 275 g/mol. The molecule has 0 aliphatic rings. The van der Waals surface area contributed by atoms with Crippen LogP contribution in [0.2, 0.25) is 0 Å². The van der Waals surface area contributed by atoms with Gasteiger partial charge in [-0.15, -0.1) is 0 Å². The van der Waals surface area contributed by atoms with Gasteiger partial charge >= 0.3 is 11.9 Å². The van der Waals surface area contributed by atoms with Gasteiger partial charge in [0.05, 0.1) is 11.6 Å². The molecule has 7 heteroatoms. The molecule has 4 nitrogen and oxygen atoms in total. The van der Waals surface area contributed by atoms with Crippen LogP contribution >= 0.6 is 0 Å². The summed E-state index contributed by atoms with van der Waals surface area (Å²) in [7, 11) is 1.52. The molecule has 1 aromatic carbocycles. The molecule has 2 aromatic rings. The van der Waals surface area contributed by atoms with Crippen LogP contribution in [0.5, 0.6) is 0 Å². The minimum Gasteiger partial charge on any atom is -0.408 e. The fourth-order valence-corrected chi connectivity index (χ4v) is 1.82. The highest BCUT2D eigenvalue weighted by Gasteiger charge is 2.28. The smallest absolute Gasteiger partial charge is 0.408 e. The van der Waals surface area contributed by atoms with Crippen LogP contribution in [0.4, 0.5) is 13.2 Å². The summed E-state index contributed by atoms with van der Waals surface area (Å²) in [5.41, 5.74) is 1.07. The van der Waals surface area contributed by atoms with Crippen LogP contribution in [-0.2, 0) is 7.05 Å². The maximum atomic E-state index is 12.1. The number of halogens is 3. The summed E-state index contributed by atoms with van der Waals surface area (Å²) >= 11 is 0. The van der Waals surface area contributed by atoms with Gasteiger partial charge < -0.3 is 9.52 Å². The van der Waals surface area contributed by atoms with Gasteiger partial charge in [-0.2, -0.15) is 13.2 Å². The van der Waals surface area contributed by atoms with E-state index in [2.05, 4.69) is 0 Å². The molecular formula is C12H12F3NO3. The van der Waals surface area contributed by atoms with E-state index in [9.17, 15) is 23.1 Å². The topological polar surface area (TPSA) is 55.4 Å². The molecule has 1 heterocycles. The molecule has 19 heavy (non-hydrogen) atoms. The van der Waals surface area contributed by atoms with Crippen molar-refractivity contribution in [3.05, 3.63) is 34.3 Å². The molecule has 0 fully saturated rings. The van der Waals surface area contributed by atoms with Gasteiger partial charge in [-0.25, -0.2) is 4.79 Å². The molecule has 0 radical (unpaired) electrons. The van der Waals surface area contributed by atoms with E-state index in [1.54, 1.807) is 0 Å². The van der Waals surface area contributed by atoms with Crippen LogP contribution < -0.4 is 5.76 Å². The largest absolute Gasteiger partial charge is 0.419 e. The highest BCUT2D eigenvalue weighted by atomic mass is 19.4. The summed E-state index contributed by atoms with van der Waals surface area (Å²) in [4.78, 5) is 11.3. The second-order valence-electron chi connectivity index (χ2n) is 4.32. The molecule has 1 unspecified atom stereocenters. The van der Waals surface area contributed by atoms with Gasteiger partial charge in [0.2, 0.25) is 0 Å². The number of oxazole rings is 1. The van der Waals surface area contributed by atoms with Crippen LogP contribution in [0.3, 0.4) is 0 Å². The molecule has 0 bridgehead atoms. The number of alkyl halides is 3. The van der Waals surface area contributed by atoms with Crippen molar-refractivity contribution in [2.75, 3.05) is 0 Å². The first-order valence-corrected chi connectivity index (χ1v) is 5.62. The molecule has 0 saturated carbocycles. The summed E-state index contributed by atoms with van der Waals surface area (Å²) in [6, 6.07) is 4.41. The average molecular weight is 275 g/mol. The molecule has 104 valence electrons. The van der Waals surface area contributed by atoms with E-state index >= 15 is 0 Å². The van der Waals surface area contributed by atoms with Gasteiger partial charge in [-0.1, -0.05) is 6.07 Å². The Labute approximate surface area is 106 Å². The minimum absolute atomic E-state index is 0.246. The van der Waals surface area contributed by atoms with Crippen LogP contribution in [-0.4, -0.2) is 15.8 Å². The average Bonchev–Trinajstić information content (AvgIpc) is 2.61. The number of fused-ring (bicyclic) bond motifs is 1. The van der Waals surface area contributed by atoms with Gasteiger partial charge in [0, 0.05) is 13.5 Å². The lowest BCUT2D eigenvalue weighted by Crippen LogP contribution is -2.10. The van der Waals surface area contributed by atoms with Gasteiger partial charge in [0.15, 0.2) is 5.58 Å². The number of nitrogens with zero attached hydrogens (tertiary/aromatic N) is 1. The fraction of sp³-hybridized carbons (Fsp3) is 0.417. The third-order valence-electron chi connectivity index (χ3n) is 2.90. The van der Waals surface area contributed by atoms with Crippen molar-refractivity contribution in [3.63, 3.8) is 0 Å². The van der Waals surface area contributed by atoms with E-state index in [1.165, 1.54) is 29.8 Å². The molecule has 0 amide bonds. The normalized spacial score (nSPS) is 13.9. The Morgan fingerprint density at radius 2 is 2.11 bits per heavy atom. The molecule has 1 N–H and O–H groups in total.